The third-order valence-corrected chi connectivity index (χ3v) is 7.05. The Morgan fingerprint density at radius 1 is 0.810 bits per heavy atom. The van der Waals surface area contributed by atoms with Crippen LogP contribution in [0.1, 0.15) is 21.5 Å². The van der Waals surface area contributed by atoms with Crippen molar-refractivity contribution in [2.24, 2.45) is 0 Å². The van der Waals surface area contributed by atoms with Gasteiger partial charge >= 0.3 is 0 Å². The number of nitrogens with one attached hydrogen (secondary N) is 3. The standard InChI is InChI=1S/C33H31N3O5S/c1-22-12-14-23(15-13-22)18-29(36-32(38)24-8-5-4-6-9-24)33(39)34-25-10-7-11-27(19-25)42-21-31(37)35-28-20-26(40-2)16-17-30(28)41-3/h4-20H,21H2,1-3H3,(H,34,39)(H,35,37)(H,36,38)/b29-18-. The first-order valence-electron chi connectivity index (χ1n) is 13.1. The number of aryl methyl sites for hydroxylation is 1. The quantitative estimate of drug-likeness (QED) is 0.145. The van der Waals surface area contributed by atoms with E-state index in [9.17, 15) is 14.4 Å². The molecule has 3 N–H and O–H groups in total. The first kappa shape index (κ1) is 30.0. The molecule has 214 valence electrons. The molecule has 4 aromatic rings. The summed E-state index contributed by atoms with van der Waals surface area (Å²) in [4.78, 5) is 39.7. The number of hydrogen-bond acceptors (Lipinski definition) is 6. The summed E-state index contributed by atoms with van der Waals surface area (Å²) in [6.45, 7) is 1.97. The SMILES string of the molecule is COc1ccc(OC)c(NC(=O)CSc2cccc(NC(=O)/C(=C/c3ccc(C)cc3)NC(=O)c3ccccc3)c2)c1. The maximum Gasteiger partial charge on any atom is 0.272 e. The van der Waals surface area contributed by atoms with E-state index in [4.69, 9.17) is 9.47 Å². The Balaban J connectivity index is 1.44. The Labute approximate surface area is 249 Å². The number of methoxy groups -OCH3 is 2. The summed E-state index contributed by atoms with van der Waals surface area (Å²) < 4.78 is 10.6. The van der Waals surface area contributed by atoms with Crippen molar-refractivity contribution in [1.82, 2.24) is 5.32 Å². The molecule has 0 heterocycles. The Bertz CT molecular complexity index is 1590. The predicted octanol–water partition coefficient (Wildman–Crippen LogP) is 6.15. The molecular weight excluding hydrogens is 550 g/mol. The summed E-state index contributed by atoms with van der Waals surface area (Å²) in [6, 6.07) is 28.6. The van der Waals surface area contributed by atoms with E-state index < -0.39 is 11.8 Å². The minimum absolute atomic E-state index is 0.0948. The molecule has 8 nitrogen and oxygen atoms in total. The predicted molar refractivity (Wildman–Crippen MR) is 167 cm³/mol. The van der Waals surface area contributed by atoms with Crippen molar-refractivity contribution in [3.8, 4) is 11.5 Å². The lowest BCUT2D eigenvalue weighted by atomic mass is 10.1. The van der Waals surface area contributed by atoms with Gasteiger partial charge in [-0.2, -0.15) is 0 Å². The smallest absolute Gasteiger partial charge is 0.272 e. The molecular formula is C33H31N3O5S. The van der Waals surface area contributed by atoms with Crippen LogP contribution in [0.4, 0.5) is 11.4 Å². The number of benzene rings is 4. The lowest BCUT2D eigenvalue weighted by molar-refractivity contribution is -0.114. The lowest BCUT2D eigenvalue weighted by Crippen LogP contribution is -2.30. The van der Waals surface area contributed by atoms with Gasteiger partial charge in [-0.25, -0.2) is 0 Å². The van der Waals surface area contributed by atoms with Crippen LogP contribution in [-0.4, -0.2) is 37.7 Å². The van der Waals surface area contributed by atoms with Gasteiger partial charge in [0.1, 0.15) is 17.2 Å². The van der Waals surface area contributed by atoms with Gasteiger partial charge in [-0.15, -0.1) is 11.8 Å². The molecule has 0 radical (unpaired) electrons. The average molecular weight is 582 g/mol. The maximum atomic E-state index is 13.4. The molecule has 4 rings (SSSR count). The molecule has 9 heteroatoms. The number of anilines is 2. The number of carbonyl (C=O) groups excluding carboxylic acids is 3. The summed E-state index contributed by atoms with van der Waals surface area (Å²) in [7, 11) is 3.08. The molecule has 0 atom stereocenters. The highest BCUT2D eigenvalue weighted by Crippen LogP contribution is 2.29. The third kappa shape index (κ3) is 8.49. The minimum atomic E-state index is -0.482. The Hall–Kier alpha value is -5.02. The van der Waals surface area contributed by atoms with Gasteiger partial charge in [0, 0.05) is 22.2 Å². The zero-order valence-corrected chi connectivity index (χ0v) is 24.3. The van der Waals surface area contributed by atoms with E-state index in [0.29, 0.717) is 28.4 Å². The Morgan fingerprint density at radius 3 is 2.29 bits per heavy atom. The molecule has 0 aromatic heterocycles. The molecule has 0 aliphatic heterocycles. The average Bonchev–Trinajstić information content (AvgIpc) is 3.01. The van der Waals surface area contributed by atoms with Gasteiger partial charge in [0.25, 0.3) is 11.8 Å². The summed E-state index contributed by atoms with van der Waals surface area (Å²) in [6.07, 6.45) is 1.63. The van der Waals surface area contributed by atoms with Crippen LogP contribution in [0.2, 0.25) is 0 Å². The van der Waals surface area contributed by atoms with Gasteiger partial charge in [0.15, 0.2) is 0 Å². The molecule has 0 unspecified atom stereocenters. The van der Waals surface area contributed by atoms with Crippen LogP contribution in [-0.2, 0) is 9.59 Å². The van der Waals surface area contributed by atoms with E-state index in [1.165, 1.54) is 18.9 Å². The number of carbonyl (C=O) groups is 3. The second-order valence-electron chi connectivity index (χ2n) is 9.17. The van der Waals surface area contributed by atoms with Gasteiger partial charge in [-0.1, -0.05) is 54.1 Å². The van der Waals surface area contributed by atoms with Crippen LogP contribution < -0.4 is 25.4 Å². The van der Waals surface area contributed by atoms with E-state index in [-0.39, 0.29) is 17.4 Å². The second-order valence-corrected chi connectivity index (χ2v) is 10.2. The van der Waals surface area contributed by atoms with Crippen LogP contribution in [0.3, 0.4) is 0 Å². The van der Waals surface area contributed by atoms with E-state index in [0.717, 1.165) is 16.0 Å². The van der Waals surface area contributed by atoms with Crippen LogP contribution in [0.25, 0.3) is 6.08 Å². The van der Waals surface area contributed by atoms with Crippen molar-refractivity contribution in [3.63, 3.8) is 0 Å². The first-order valence-corrected chi connectivity index (χ1v) is 14.0. The summed E-state index contributed by atoms with van der Waals surface area (Å²) in [5, 5.41) is 8.45. The highest BCUT2D eigenvalue weighted by molar-refractivity contribution is 8.00. The first-order chi connectivity index (χ1) is 20.3. The van der Waals surface area contributed by atoms with Crippen LogP contribution >= 0.6 is 11.8 Å². The van der Waals surface area contributed by atoms with Crippen LogP contribution in [0.15, 0.2) is 108 Å². The van der Waals surface area contributed by atoms with E-state index in [1.54, 1.807) is 73.8 Å². The van der Waals surface area contributed by atoms with E-state index >= 15 is 0 Å². The minimum Gasteiger partial charge on any atom is -0.497 e. The summed E-state index contributed by atoms with van der Waals surface area (Å²) in [5.74, 6) is 0.138. The fourth-order valence-corrected chi connectivity index (χ4v) is 4.64. The van der Waals surface area contributed by atoms with E-state index in [2.05, 4.69) is 16.0 Å². The van der Waals surface area contributed by atoms with Gasteiger partial charge in [0.2, 0.25) is 5.91 Å². The van der Waals surface area contributed by atoms with Crippen molar-refractivity contribution in [2.45, 2.75) is 11.8 Å². The normalized spacial score (nSPS) is 10.9. The fraction of sp³-hybridized carbons (Fsp3) is 0.121. The zero-order chi connectivity index (χ0) is 29.9. The molecule has 0 saturated heterocycles. The number of thioether (sulfide) groups is 1. The molecule has 0 aliphatic rings. The molecule has 0 aliphatic carbocycles. The summed E-state index contributed by atoms with van der Waals surface area (Å²) >= 11 is 1.31. The van der Waals surface area contributed by atoms with Gasteiger partial charge < -0.3 is 25.4 Å². The highest BCUT2D eigenvalue weighted by atomic mass is 32.2. The monoisotopic (exact) mass is 581 g/mol. The Morgan fingerprint density at radius 2 is 1.57 bits per heavy atom. The number of rotatable bonds is 11. The second kappa shape index (κ2) is 14.6. The summed E-state index contributed by atoms with van der Waals surface area (Å²) in [5.41, 5.74) is 3.40. The van der Waals surface area contributed by atoms with Gasteiger partial charge in [-0.3, -0.25) is 14.4 Å². The highest BCUT2D eigenvalue weighted by Gasteiger charge is 2.16. The molecule has 0 fully saturated rings. The largest absolute Gasteiger partial charge is 0.497 e. The number of amides is 3. The molecule has 0 spiro atoms. The van der Waals surface area contributed by atoms with Gasteiger partial charge in [-0.05, 0) is 61.0 Å². The lowest BCUT2D eigenvalue weighted by Gasteiger charge is -2.13. The van der Waals surface area contributed by atoms with Gasteiger partial charge in [0.05, 0.1) is 25.7 Å². The van der Waals surface area contributed by atoms with Crippen molar-refractivity contribution >= 4 is 46.9 Å². The molecule has 0 saturated carbocycles. The van der Waals surface area contributed by atoms with Crippen molar-refractivity contribution in [1.29, 1.82) is 0 Å². The third-order valence-electron chi connectivity index (χ3n) is 6.06. The molecule has 4 aromatic carbocycles. The van der Waals surface area contributed by atoms with Crippen LogP contribution in [0, 0.1) is 6.92 Å². The zero-order valence-electron chi connectivity index (χ0n) is 23.5. The maximum absolute atomic E-state index is 13.4. The number of ether oxygens (including phenoxy) is 2. The molecule has 0 bridgehead atoms. The fourth-order valence-electron chi connectivity index (χ4n) is 3.88. The topological polar surface area (TPSA) is 106 Å². The van der Waals surface area contributed by atoms with Crippen molar-refractivity contribution in [3.05, 3.63) is 119 Å². The van der Waals surface area contributed by atoms with Crippen molar-refractivity contribution in [2.75, 3.05) is 30.6 Å². The van der Waals surface area contributed by atoms with Crippen molar-refractivity contribution < 1.29 is 23.9 Å². The number of hydrogen-bond donors (Lipinski definition) is 3. The molecule has 42 heavy (non-hydrogen) atoms. The van der Waals surface area contributed by atoms with E-state index in [1.807, 2.05) is 43.3 Å². The van der Waals surface area contributed by atoms with Crippen LogP contribution in [0.5, 0.6) is 11.5 Å². The molecule has 3 amide bonds. The Kier molecular flexibility index (Phi) is 10.4.